The summed E-state index contributed by atoms with van der Waals surface area (Å²) in [6.07, 6.45) is 1.79. The number of halogens is 1. The lowest BCUT2D eigenvalue weighted by Gasteiger charge is -2.03. The normalized spacial score (nSPS) is 9.18. The Morgan fingerprint density at radius 3 is 2.23 bits per heavy atom. The number of benzene rings is 2. The highest BCUT2D eigenvalue weighted by atomic mass is 35.5. The lowest BCUT2D eigenvalue weighted by molar-refractivity contribution is -0.140. The van der Waals surface area contributed by atoms with Crippen molar-refractivity contribution in [3.63, 3.8) is 0 Å². The van der Waals surface area contributed by atoms with Gasteiger partial charge in [0.25, 0.3) is 0 Å². The first-order valence-electron chi connectivity index (χ1n) is 6.77. The predicted octanol–water partition coefficient (Wildman–Crippen LogP) is 5.29. The maximum absolute atomic E-state index is 11.0. The van der Waals surface area contributed by atoms with Crippen LogP contribution >= 0.6 is 11.6 Å². The fourth-order valence-corrected chi connectivity index (χ4v) is 1.57. The summed E-state index contributed by atoms with van der Waals surface area (Å²) in [5, 5.41) is 0.764. The zero-order valence-electron chi connectivity index (χ0n) is 12.6. The Kier molecular flexibility index (Phi) is 7.73. The molecule has 0 heterocycles. The summed E-state index contributed by atoms with van der Waals surface area (Å²) >= 11 is 5.63. The molecule has 22 heavy (non-hydrogen) atoms. The first-order valence-corrected chi connectivity index (χ1v) is 7.15. The average molecular weight is 315 g/mol. The lowest BCUT2D eigenvalue weighted by Crippen LogP contribution is -2.04. The zero-order valence-corrected chi connectivity index (χ0v) is 13.3. The summed E-state index contributed by atoms with van der Waals surface area (Å²) in [5.41, 5.74) is 2.51. The van der Waals surface area contributed by atoms with Crippen LogP contribution in [0.25, 0.3) is 6.08 Å². The number of esters is 1. The van der Waals surface area contributed by atoms with E-state index in [4.69, 9.17) is 16.3 Å². The standard InChI is InChI=1S/C11H12O2.C8H7Cl/c1-9(2)11(12)13-8-10-6-4-3-5-7-10;1-2-7-3-5-8(9)6-4-7/h3-7H,1,8H2,2H3;2-6H,1H2. The van der Waals surface area contributed by atoms with Gasteiger partial charge in [-0.2, -0.15) is 0 Å². The van der Waals surface area contributed by atoms with Crippen LogP contribution < -0.4 is 0 Å². The smallest absolute Gasteiger partial charge is 0.333 e. The zero-order chi connectivity index (χ0) is 16.4. The van der Waals surface area contributed by atoms with Crippen LogP contribution in [0.2, 0.25) is 5.02 Å². The number of carbonyl (C=O) groups is 1. The van der Waals surface area contributed by atoms with Crippen molar-refractivity contribution >= 4 is 23.6 Å². The molecule has 0 amide bonds. The molecule has 0 spiro atoms. The van der Waals surface area contributed by atoms with Crippen molar-refractivity contribution in [3.05, 3.63) is 89.5 Å². The van der Waals surface area contributed by atoms with Gasteiger partial charge in [0.1, 0.15) is 6.61 Å². The van der Waals surface area contributed by atoms with E-state index in [0.717, 1.165) is 16.1 Å². The van der Waals surface area contributed by atoms with Crippen molar-refractivity contribution in [1.82, 2.24) is 0 Å². The molecule has 0 saturated carbocycles. The van der Waals surface area contributed by atoms with Gasteiger partial charge >= 0.3 is 5.97 Å². The molecule has 2 aromatic carbocycles. The maximum atomic E-state index is 11.0. The molecular formula is C19H19ClO2. The first kappa shape index (κ1) is 17.7. The minimum atomic E-state index is -0.344. The minimum absolute atomic E-state index is 0.312. The van der Waals surface area contributed by atoms with Crippen molar-refractivity contribution in [3.8, 4) is 0 Å². The van der Waals surface area contributed by atoms with Gasteiger partial charge in [0.2, 0.25) is 0 Å². The minimum Gasteiger partial charge on any atom is -0.457 e. The summed E-state index contributed by atoms with van der Waals surface area (Å²) in [6, 6.07) is 17.1. The molecule has 114 valence electrons. The molecule has 0 saturated heterocycles. The third-order valence-corrected chi connectivity index (χ3v) is 2.92. The third kappa shape index (κ3) is 6.91. The highest BCUT2D eigenvalue weighted by Crippen LogP contribution is 2.09. The van der Waals surface area contributed by atoms with Crippen molar-refractivity contribution in [1.29, 1.82) is 0 Å². The summed E-state index contributed by atoms with van der Waals surface area (Å²) in [5.74, 6) is -0.344. The van der Waals surface area contributed by atoms with Crippen LogP contribution in [0.1, 0.15) is 18.1 Å². The van der Waals surface area contributed by atoms with Gasteiger partial charge in [0, 0.05) is 10.6 Å². The van der Waals surface area contributed by atoms with Crippen LogP contribution in [0, 0.1) is 0 Å². The molecular weight excluding hydrogens is 296 g/mol. The lowest BCUT2D eigenvalue weighted by atomic mass is 10.2. The predicted molar refractivity (Wildman–Crippen MR) is 92.6 cm³/mol. The van der Waals surface area contributed by atoms with Gasteiger partial charge in [-0.1, -0.05) is 73.3 Å². The second-order valence-electron chi connectivity index (χ2n) is 4.60. The Labute approximate surface area is 136 Å². The number of ether oxygens (including phenoxy) is 1. The van der Waals surface area contributed by atoms with Crippen molar-refractivity contribution in [2.75, 3.05) is 0 Å². The van der Waals surface area contributed by atoms with Gasteiger partial charge in [-0.15, -0.1) is 0 Å². The molecule has 0 aliphatic heterocycles. The van der Waals surface area contributed by atoms with Crippen LogP contribution in [0.4, 0.5) is 0 Å². The van der Waals surface area contributed by atoms with Crippen LogP contribution in [0.15, 0.2) is 73.3 Å². The fraction of sp³-hybridized carbons (Fsp3) is 0.105. The molecule has 0 unspecified atom stereocenters. The van der Waals surface area contributed by atoms with Gasteiger partial charge in [-0.05, 0) is 30.2 Å². The van der Waals surface area contributed by atoms with E-state index in [1.165, 1.54) is 0 Å². The molecule has 0 fully saturated rings. The highest BCUT2D eigenvalue weighted by molar-refractivity contribution is 6.30. The Morgan fingerprint density at radius 1 is 1.14 bits per heavy atom. The monoisotopic (exact) mass is 314 g/mol. The number of hydrogen-bond donors (Lipinski definition) is 0. The molecule has 2 rings (SSSR count). The molecule has 2 aromatic rings. The van der Waals surface area contributed by atoms with E-state index in [0.29, 0.717) is 12.2 Å². The maximum Gasteiger partial charge on any atom is 0.333 e. The molecule has 0 bridgehead atoms. The van der Waals surface area contributed by atoms with Crippen LogP contribution in [0.3, 0.4) is 0 Å². The van der Waals surface area contributed by atoms with Gasteiger partial charge in [0.05, 0.1) is 0 Å². The number of rotatable bonds is 4. The Balaban J connectivity index is 0.000000235. The average Bonchev–Trinajstić information content (AvgIpc) is 2.55. The van der Waals surface area contributed by atoms with Crippen molar-refractivity contribution in [2.24, 2.45) is 0 Å². The molecule has 0 N–H and O–H groups in total. The molecule has 0 aromatic heterocycles. The second-order valence-corrected chi connectivity index (χ2v) is 5.03. The van der Waals surface area contributed by atoms with E-state index in [9.17, 15) is 4.79 Å². The van der Waals surface area contributed by atoms with Crippen molar-refractivity contribution < 1.29 is 9.53 Å². The summed E-state index contributed by atoms with van der Waals surface area (Å²) in [4.78, 5) is 11.0. The molecule has 0 aliphatic carbocycles. The highest BCUT2D eigenvalue weighted by Gasteiger charge is 2.02. The molecule has 2 nitrogen and oxygen atoms in total. The Hall–Kier alpha value is -2.32. The van der Waals surface area contributed by atoms with Crippen LogP contribution in [-0.4, -0.2) is 5.97 Å². The number of hydrogen-bond acceptors (Lipinski definition) is 2. The van der Waals surface area contributed by atoms with E-state index in [-0.39, 0.29) is 5.97 Å². The van der Waals surface area contributed by atoms with Crippen LogP contribution in [0.5, 0.6) is 0 Å². The summed E-state index contributed by atoms with van der Waals surface area (Å²) in [6.45, 7) is 9.05. The Bertz CT molecular complexity index is 616. The molecule has 0 radical (unpaired) electrons. The first-order chi connectivity index (χ1) is 10.5. The van der Waals surface area contributed by atoms with E-state index in [2.05, 4.69) is 13.2 Å². The largest absolute Gasteiger partial charge is 0.457 e. The fourth-order valence-electron chi connectivity index (χ4n) is 1.45. The summed E-state index contributed by atoms with van der Waals surface area (Å²) in [7, 11) is 0. The summed E-state index contributed by atoms with van der Waals surface area (Å²) < 4.78 is 4.95. The van der Waals surface area contributed by atoms with E-state index >= 15 is 0 Å². The molecule has 0 atom stereocenters. The van der Waals surface area contributed by atoms with Gasteiger partial charge in [-0.3, -0.25) is 0 Å². The van der Waals surface area contributed by atoms with Gasteiger partial charge < -0.3 is 4.74 Å². The van der Waals surface area contributed by atoms with Gasteiger partial charge in [-0.25, -0.2) is 4.79 Å². The third-order valence-electron chi connectivity index (χ3n) is 2.67. The molecule has 0 aliphatic rings. The number of carbonyl (C=O) groups excluding carboxylic acids is 1. The quantitative estimate of drug-likeness (QED) is 0.566. The van der Waals surface area contributed by atoms with E-state index in [1.54, 1.807) is 13.0 Å². The van der Waals surface area contributed by atoms with Gasteiger partial charge in [0.15, 0.2) is 0 Å². The Morgan fingerprint density at radius 2 is 1.73 bits per heavy atom. The topological polar surface area (TPSA) is 26.3 Å². The molecule has 3 heteroatoms. The van der Waals surface area contributed by atoms with Crippen LogP contribution in [-0.2, 0) is 16.1 Å². The van der Waals surface area contributed by atoms with E-state index in [1.807, 2.05) is 54.6 Å². The van der Waals surface area contributed by atoms with E-state index < -0.39 is 0 Å². The SMILES string of the molecule is C=C(C)C(=O)OCc1ccccc1.C=Cc1ccc(Cl)cc1. The van der Waals surface area contributed by atoms with Crippen molar-refractivity contribution in [2.45, 2.75) is 13.5 Å². The second kappa shape index (κ2) is 9.59.